The molecule has 2 N–H and O–H groups in total. The van der Waals surface area contributed by atoms with E-state index in [1.807, 2.05) is 0 Å². The SMILES string of the molecule is C=N/C(C[C@H](C)S(=O)(=O)Nc1nnc(-c2cccc(C(=O)NCC)n2)n1-c1c(OC)cccc1OC)=N\C=C(/C)F. The Morgan fingerprint density at radius 3 is 2.41 bits per heavy atom. The number of nitrogens with zero attached hydrogens (tertiary/aromatic N) is 6. The van der Waals surface area contributed by atoms with Crippen LogP contribution in [-0.4, -0.2) is 72.6 Å². The van der Waals surface area contributed by atoms with Crippen molar-refractivity contribution in [3.63, 3.8) is 0 Å². The summed E-state index contributed by atoms with van der Waals surface area (Å²) in [6.45, 7) is 8.19. The number of allylic oxidation sites excluding steroid dienone is 1. The molecule has 13 nitrogen and oxygen atoms in total. The number of anilines is 1. The molecule has 0 aliphatic heterocycles. The van der Waals surface area contributed by atoms with E-state index in [1.165, 1.54) is 38.7 Å². The average Bonchev–Trinajstić information content (AvgIpc) is 3.36. The number of pyridine rings is 1. The summed E-state index contributed by atoms with van der Waals surface area (Å²) in [5.74, 6) is -0.408. The molecule has 0 spiro atoms. The van der Waals surface area contributed by atoms with Gasteiger partial charge < -0.3 is 14.8 Å². The second kappa shape index (κ2) is 13.6. The molecule has 0 unspecified atom stereocenters. The van der Waals surface area contributed by atoms with E-state index in [1.54, 1.807) is 37.3 Å². The second-order valence-electron chi connectivity index (χ2n) is 8.54. The number of ether oxygens (including phenoxy) is 2. The molecule has 0 aliphatic rings. The van der Waals surface area contributed by atoms with E-state index in [4.69, 9.17) is 9.47 Å². The fourth-order valence-electron chi connectivity index (χ4n) is 3.63. The summed E-state index contributed by atoms with van der Waals surface area (Å²) >= 11 is 0. The van der Waals surface area contributed by atoms with Gasteiger partial charge in [0.1, 0.15) is 40.2 Å². The van der Waals surface area contributed by atoms with E-state index in [2.05, 4.69) is 41.9 Å². The lowest BCUT2D eigenvalue weighted by Crippen LogP contribution is -2.28. The van der Waals surface area contributed by atoms with Crippen LogP contribution in [0.5, 0.6) is 11.5 Å². The highest BCUT2D eigenvalue weighted by atomic mass is 32.2. The molecule has 0 saturated heterocycles. The van der Waals surface area contributed by atoms with E-state index in [0.29, 0.717) is 18.0 Å². The molecule has 0 radical (unpaired) electrons. The summed E-state index contributed by atoms with van der Waals surface area (Å²) in [5.41, 5.74) is 0.640. The maximum Gasteiger partial charge on any atom is 0.269 e. The lowest BCUT2D eigenvalue weighted by Gasteiger charge is -2.19. The van der Waals surface area contributed by atoms with Crippen LogP contribution >= 0.6 is 0 Å². The molecule has 218 valence electrons. The lowest BCUT2D eigenvalue weighted by molar-refractivity contribution is 0.0951. The molecular weight excluding hydrogens is 555 g/mol. The lowest BCUT2D eigenvalue weighted by atomic mass is 10.2. The van der Waals surface area contributed by atoms with E-state index in [9.17, 15) is 17.6 Å². The van der Waals surface area contributed by atoms with Crippen molar-refractivity contribution in [1.29, 1.82) is 0 Å². The Kier molecular flexibility index (Phi) is 10.2. The van der Waals surface area contributed by atoms with Gasteiger partial charge in [-0.1, -0.05) is 12.1 Å². The van der Waals surface area contributed by atoms with Gasteiger partial charge in [-0.2, -0.15) is 0 Å². The zero-order valence-electron chi connectivity index (χ0n) is 23.3. The quantitative estimate of drug-likeness (QED) is 0.241. The van der Waals surface area contributed by atoms with Crippen molar-refractivity contribution in [3.05, 3.63) is 54.1 Å². The smallest absolute Gasteiger partial charge is 0.269 e. The minimum atomic E-state index is -4.15. The van der Waals surface area contributed by atoms with Crippen molar-refractivity contribution in [3.8, 4) is 28.7 Å². The van der Waals surface area contributed by atoms with Gasteiger partial charge in [0.25, 0.3) is 5.91 Å². The Hall–Kier alpha value is -4.66. The van der Waals surface area contributed by atoms with E-state index < -0.39 is 27.0 Å². The fourth-order valence-corrected chi connectivity index (χ4v) is 4.59. The number of carbonyl (C=O) groups is 1. The molecule has 0 saturated carbocycles. The predicted octanol–water partition coefficient (Wildman–Crippen LogP) is 3.55. The molecule has 1 aromatic carbocycles. The van der Waals surface area contributed by atoms with Gasteiger partial charge in [-0.3, -0.25) is 14.1 Å². The molecule has 1 atom stereocenters. The van der Waals surface area contributed by atoms with Crippen molar-refractivity contribution >= 4 is 34.4 Å². The number of amidine groups is 1. The third-order valence-electron chi connectivity index (χ3n) is 5.64. The van der Waals surface area contributed by atoms with E-state index in [0.717, 1.165) is 6.20 Å². The predicted molar refractivity (Wildman–Crippen MR) is 154 cm³/mol. The molecular formula is C26H31FN8O5S. The number of hydrogen-bond acceptors (Lipinski definition) is 9. The molecule has 0 aliphatic carbocycles. The summed E-state index contributed by atoms with van der Waals surface area (Å²) in [4.78, 5) is 24.4. The normalized spacial score (nSPS) is 12.9. The summed E-state index contributed by atoms with van der Waals surface area (Å²) < 4.78 is 54.9. The fraction of sp³-hybridized carbons (Fsp3) is 0.308. The van der Waals surface area contributed by atoms with Gasteiger partial charge in [-0.05, 0) is 51.8 Å². The van der Waals surface area contributed by atoms with Crippen LogP contribution in [0.4, 0.5) is 10.3 Å². The minimum absolute atomic E-state index is 0.0276. The first kappa shape index (κ1) is 30.9. The number of halogens is 1. The molecule has 2 heterocycles. The highest BCUT2D eigenvalue weighted by molar-refractivity contribution is 7.93. The van der Waals surface area contributed by atoms with Crippen LogP contribution in [0.3, 0.4) is 0 Å². The Labute approximate surface area is 237 Å². The van der Waals surface area contributed by atoms with Gasteiger partial charge in [0.15, 0.2) is 5.82 Å². The highest BCUT2D eigenvalue weighted by Crippen LogP contribution is 2.37. The number of benzene rings is 1. The van der Waals surface area contributed by atoms with Gasteiger partial charge in [-0.15, -0.1) is 10.2 Å². The Morgan fingerprint density at radius 2 is 1.83 bits per heavy atom. The van der Waals surface area contributed by atoms with Crippen LogP contribution in [0.1, 0.15) is 37.7 Å². The molecule has 3 aromatic rings. The zero-order chi connectivity index (χ0) is 30.2. The first-order valence-corrected chi connectivity index (χ1v) is 13.9. The van der Waals surface area contributed by atoms with Gasteiger partial charge in [0, 0.05) is 13.0 Å². The molecule has 2 aromatic heterocycles. The number of amides is 1. The number of aromatic nitrogens is 4. The van der Waals surface area contributed by atoms with Crippen molar-refractivity contribution in [2.75, 3.05) is 25.5 Å². The van der Waals surface area contributed by atoms with Gasteiger partial charge in [-0.25, -0.2) is 27.8 Å². The number of nitrogens with one attached hydrogen (secondary N) is 2. The van der Waals surface area contributed by atoms with Crippen LogP contribution in [-0.2, 0) is 10.0 Å². The van der Waals surface area contributed by atoms with Crippen LogP contribution in [0.2, 0.25) is 0 Å². The topological polar surface area (TPSA) is 162 Å². The summed E-state index contributed by atoms with van der Waals surface area (Å²) in [7, 11) is -1.26. The molecule has 0 fully saturated rings. The number of sulfonamides is 1. The molecule has 15 heteroatoms. The summed E-state index contributed by atoms with van der Waals surface area (Å²) in [6, 6.07) is 9.76. The van der Waals surface area contributed by atoms with E-state index in [-0.39, 0.29) is 41.1 Å². The maximum absolute atomic E-state index is 13.4. The van der Waals surface area contributed by atoms with Crippen LogP contribution in [0.15, 0.2) is 58.4 Å². The van der Waals surface area contributed by atoms with E-state index >= 15 is 0 Å². The van der Waals surface area contributed by atoms with Crippen LogP contribution < -0.4 is 19.5 Å². The standard InChI is InChI=1S/C26H31FN8O5S/c1-7-29-25(36)19-11-8-10-18(31-19)24-32-33-26(35(24)23-20(39-5)12-9-13-21(23)40-6)34-41(37,38)17(3)14-22(28-4)30-15-16(2)27/h8-13,15,17H,4,7,14H2,1-3,5-6H3,(H,29,36)(H,33,34)/b16-15+,30-22-/t17-/m0/s1. The Morgan fingerprint density at radius 1 is 1.17 bits per heavy atom. The first-order valence-electron chi connectivity index (χ1n) is 12.4. The zero-order valence-corrected chi connectivity index (χ0v) is 24.1. The molecule has 3 rings (SSSR count). The van der Waals surface area contributed by atoms with Crippen molar-refractivity contribution in [2.24, 2.45) is 9.98 Å². The van der Waals surface area contributed by atoms with Crippen LogP contribution in [0, 0.1) is 0 Å². The average molecular weight is 587 g/mol. The third-order valence-corrected chi connectivity index (χ3v) is 7.34. The minimum Gasteiger partial charge on any atom is -0.494 e. The van der Waals surface area contributed by atoms with Gasteiger partial charge in [0.05, 0.1) is 25.7 Å². The largest absolute Gasteiger partial charge is 0.494 e. The monoisotopic (exact) mass is 586 g/mol. The Bertz CT molecular complexity index is 1560. The number of rotatable bonds is 12. The number of para-hydroxylation sites is 1. The number of hydrogen-bond donors (Lipinski definition) is 2. The molecule has 0 bridgehead atoms. The van der Waals surface area contributed by atoms with Gasteiger partial charge in [0.2, 0.25) is 16.0 Å². The summed E-state index contributed by atoms with van der Waals surface area (Å²) in [6.07, 6.45) is 0.757. The molecule has 41 heavy (non-hydrogen) atoms. The van der Waals surface area contributed by atoms with Crippen molar-refractivity contribution < 1.29 is 27.1 Å². The first-order chi connectivity index (χ1) is 19.6. The third kappa shape index (κ3) is 7.30. The van der Waals surface area contributed by atoms with Gasteiger partial charge >= 0.3 is 0 Å². The van der Waals surface area contributed by atoms with Crippen molar-refractivity contribution in [1.82, 2.24) is 25.1 Å². The Balaban J connectivity index is 2.17. The molecule has 1 amide bonds. The maximum atomic E-state index is 13.4. The highest BCUT2D eigenvalue weighted by Gasteiger charge is 2.29. The van der Waals surface area contributed by atoms with Crippen LogP contribution in [0.25, 0.3) is 17.2 Å². The number of methoxy groups -OCH3 is 2. The number of carbonyl (C=O) groups excluding carboxylic acids is 1. The number of aliphatic imine (C=N–C) groups is 2. The summed E-state index contributed by atoms with van der Waals surface area (Å²) in [5, 5.41) is 9.91. The van der Waals surface area contributed by atoms with Crippen molar-refractivity contribution in [2.45, 2.75) is 32.4 Å². The second-order valence-corrected chi connectivity index (χ2v) is 10.6.